The summed E-state index contributed by atoms with van der Waals surface area (Å²) in [6, 6.07) is 6.38. The second-order valence-corrected chi connectivity index (χ2v) is 36.0. The predicted molar refractivity (Wildman–Crippen MR) is 426 cm³/mol. The molecule has 0 spiro atoms. The summed E-state index contributed by atoms with van der Waals surface area (Å²) in [6.07, 6.45) is 2.81. The number of carbonyl (C=O) groups excluding carboxylic acids is 7. The van der Waals surface area contributed by atoms with Gasteiger partial charge in [-0.3, -0.25) is 44.2 Å². The summed E-state index contributed by atoms with van der Waals surface area (Å²) in [5.74, 6) is -6.02. The van der Waals surface area contributed by atoms with Gasteiger partial charge in [0.15, 0.2) is 0 Å². The van der Waals surface area contributed by atoms with Gasteiger partial charge in [-0.1, -0.05) is 44.2 Å². The molecule has 2 aliphatic rings. The first kappa shape index (κ1) is 89.2. The third kappa shape index (κ3) is 24.3. The van der Waals surface area contributed by atoms with Gasteiger partial charge in [0.2, 0.25) is 47.4 Å². The van der Waals surface area contributed by atoms with Crippen LogP contribution in [0.25, 0.3) is 10.9 Å². The third-order valence-electron chi connectivity index (χ3n) is 19.5. The summed E-state index contributed by atoms with van der Waals surface area (Å²) < 4.78 is 86.7. The molecule has 5 atom stereocenters. The maximum atomic E-state index is 15.2. The molecule has 112 heavy (non-hydrogen) atoms. The Bertz CT molecular complexity index is 4630. The molecule has 3 heterocycles. The quantitative estimate of drug-likeness (QED) is 0.0110. The van der Waals surface area contributed by atoms with Crippen molar-refractivity contribution in [3.05, 3.63) is 110 Å². The molecule has 30 nitrogen and oxygen atoms in total. The number of hydrogen-bond acceptors (Lipinski definition) is 18. The van der Waals surface area contributed by atoms with E-state index in [4.69, 9.17) is 29.8 Å². The number of amides is 6. The first-order chi connectivity index (χ1) is 52.0. The van der Waals surface area contributed by atoms with Gasteiger partial charge in [-0.2, -0.15) is 0 Å². The molecule has 13 N–H and O–H groups in total. The van der Waals surface area contributed by atoms with Crippen molar-refractivity contribution in [1.82, 2.24) is 56.5 Å². The number of rotatable bonds is 32. The number of benzene rings is 4. The van der Waals surface area contributed by atoms with E-state index in [1.165, 1.54) is 17.7 Å². The van der Waals surface area contributed by atoms with Crippen molar-refractivity contribution < 1.29 is 79.2 Å². The number of carboxylic acid groups (broad SMARTS) is 1. The Hall–Kier alpha value is -9.98. The third-order valence-corrected chi connectivity index (χ3v) is 22.7. The molecule has 614 valence electrons. The van der Waals surface area contributed by atoms with Crippen LogP contribution in [0.1, 0.15) is 197 Å². The fourth-order valence-corrected chi connectivity index (χ4v) is 16.8. The Morgan fingerprint density at radius 2 is 1.04 bits per heavy atom. The number of hydrogen-bond donors (Lipinski definition) is 13. The van der Waals surface area contributed by atoms with Gasteiger partial charge >= 0.3 is 12.1 Å². The van der Waals surface area contributed by atoms with Gasteiger partial charge < -0.3 is 66.6 Å². The van der Waals surface area contributed by atoms with E-state index in [9.17, 15) is 55.5 Å². The van der Waals surface area contributed by atoms with Crippen LogP contribution >= 0.6 is 0 Å². The molecule has 6 amide bonds. The fraction of sp³-hybridized carbons (Fsp3) is 0.550. The van der Waals surface area contributed by atoms with Crippen LogP contribution in [-0.2, 0) is 84.0 Å². The highest BCUT2D eigenvalue weighted by Crippen LogP contribution is 2.44. The van der Waals surface area contributed by atoms with E-state index in [1.54, 1.807) is 125 Å². The van der Waals surface area contributed by atoms with Gasteiger partial charge in [0, 0.05) is 44.4 Å². The van der Waals surface area contributed by atoms with Gasteiger partial charge in [0.25, 0.3) is 20.0 Å². The highest BCUT2D eigenvalue weighted by molar-refractivity contribution is 7.90. The first-order valence-electron chi connectivity index (χ1n) is 37.9. The van der Waals surface area contributed by atoms with Crippen molar-refractivity contribution in [2.45, 2.75) is 271 Å². The lowest BCUT2D eigenvalue weighted by molar-refractivity contribution is -0.142. The number of unbranched alkanes of at least 4 members (excludes halogenated alkanes) is 1. The molecule has 0 saturated carbocycles. The van der Waals surface area contributed by atoms with Crippen molar-refractivity contribution in [1.29, 1.82) is 10.8 Å². The number of carboxylic acids is 1. The smallest absolute Gasteiger partial charge is 0.419 e. The van der Waals surface area contributed by atoms with Crippen LogP contribution in [0.3, 0.4) is 0 Å². The lowest BCUT2D eigenvalue weighted by Crippen LogP contribution is -2.58. The fourth-order valence-electron chi connectivity index (χ4n) is 13.8. The minimum Gasteiger partial charge on any atom is -0.488 e. The Kier molecular flexibility index (Phi) is 29.2. The molecule has 1 aromatic heterocycles. The van der Waals surface area contributed by atoms with Crippen LogP contribution in [-0.4, -0.2) is 158 Å². The molecule has 0 unspecified atom stereocenters. The average molecular weight is 1600 g/mol. The van der Waals surface area contributed by atoms with Crippen molar-refractivity contribution in [2.75, 3.05) is 19.6 Å². The summed E-state index contributed by atoms with van der Waals surface area (Å²) in [5.41, 5.74) is 3.79. The van der Waals surface area contributed by atoms with E-state index >= 15 is 4.79 Å². The summed E-state index contributed by atoms with van der Waals surface area (Å²) >= 11 is 0. The Morgan fingerprint density at radius 1 is 0.571 bits per heavy atom. The van der Waals surface area contributed by atoms with Gasteiger partial charge in [-0.05, 0) is 255 Å². The summed E-state index contributed by atoms with van der Waals surface area (Å²) in [4.78, 5) is 112. The van der Waals surface area contributed by atoms with E-state index in [2.05, 4.69) is 52.0 Å². The van der Waals surface area contributed by atoms with Crippen LogP contribution in [0.4, 0.5) is 4.79 Å². The predicted octanol–water partition coefficient (Wildman–Crippen LogP) is 8.09. The largest absolute Gasteiger partial charge is 0.488 e. The molecule has 4 aromatic carbocycles. The molecule has 0 saturated heterocycles. The molecule has 32 heteroatoms. The zero-order valence-corrected chi connectivity index (χ0v) is 69.6. The normalized spacial score (nSPS) is 15.2. The molecular formula is C80H115N13O17S2. The number of aliphatic carboxylic acids is 1. The number of nitrogens with zero attached hydrogens (tertiary/aromatic N) is 1. The number of aromatic nitrogens is 1. The van der Waals surface area contributed by atoms with Crippen LogP contribution in [0.15, 0.2) is 64.5 Å². The molecule has 2 aliphatic heterocycles. The van der Waals surface area contributed by atoms with Crippen molar-refractivity contribution >= 4 is 90.4 Å². The molecule has 0 fully saturated rings. The summed E-state index contributed by atoms with van der Waals surface area (Å²) in [7, 11) is -8.68. The van der Waals surface area contributed by atoms with Crippen LogP contribution in [0, 0.1) is 58.3 Å². The number of carbonyl (C=O) groups is 8. The number of ether oxygens (including phenoxy) is 4. The molecule has 5 aromatic rings. The maximum absolute atomic E-state index is 15.2. The van der Waals surface area contributed by atoms with Gasteiger partial charge in [-0.25, -0.2) is 35.9 Å². The number of sulfonamides is 2. The van der Waals surface area contributed by atoms with E-state index in [0.717, 1.165) is 11.1 Å². The standard InChI is InChI=1S/C80H115N13O17S2/c1-44(2)39-62(73(100)101)90-70(97)59(26-22-23-37-83-74(81)91-111(103,104)67-47(5)45(3)65-55(49(67)7)33-35-79(16,17)108-65)87-64(95)42-85-69(96)58(27-24-38-84-75(82)92-112(105,106)68-48(6)46(4)66-56(50(68)8)34-36-80(18,19)109-66)88-71(98)60(40-52-29-31-54(32-30-52)107-77(10,11)12)89-72(99)61(86-51(9)94)41-53-43-93(76(102)110-78(13,14)15)63-28-21-20-25-57(53)63/h20-21,25,28-32,43-44,58-62H,22-24,26-27,33-42H2,1-19H3,(H,85,96)(H,86,94)(H,87,95)(H,88,98)(H,89,99)(H,90,97)(H,100,101)(H3,81,83,91)(H3,82,84,92)/t58-,59-,60-,61-,62-/m0/s1. The molecular weight excluding hydrogens is 1480 g/mol. The van der Waals surface area contributed by atoms with Gasteiger partial charge in [0.05, 0.1) is 21.9 Å². The molecule has 7 rings (SSSR count). The Balaban J connectivity index is 1.13. The number of fused-ring (bicyclic) bond motifs is 3. The molecule has 0 bridgehead atoms. The maximum Gasteiger partial charge on any atom is 0.419 e. The summed E-state index contributed by atoms with van der Waals surface area (Å²) in [6.45, 7) is 32.7. The van der Waals surface area contributed by atoms with Crippen molar-refractivity contribution in [3.8, 4) is 17.2 Å². The SMILES string of the molecule is CC(=O)N[C@@H](Cc1cn(C(=O)OC(C)(C)C)c2ccccc12)C(=O)N[C@@H](Cc1ccc(OC(C)(C)C)cc1)C(=O)N[C@@H](CCCNC(=N)NS(=O)(=O)c1c(C)c(C)c2c(c1C)CCC(C)(C)O2)C(=O)NCC(=O)N[C@@H](CCCCNC(=N)NS(=O)(=O)c1c(C)c(C)c2c(c1C)CCC(C)(C)O2)C(=O)N[C@@H](CC(C)C)C(=O)O. The number of guanidine groups is 2. The van der Waals surface area contributed by atoms with Crippen LogP contribution in [0.5, 0.6) is 17.2 Å². The highest BCUT2D eigenvalue weighted by Gasteiger charge is 2.38. The second kappa shape index (κ2) is 36.7. The van der Waals surface area contributed by atoms with Crippen molar-refractivity contribution in [3.63, 3.8) is 0 Å². The zero-order chi connectivity index (χ0) is 83.5. The first-order valence-corrected chi connectivity index (χ1v) is 40.9. The molecule has 0 aliphatic carbocycles. The van der Waals surface area contributed by atoms with E-state index in [1.807, 2.05) is 48.5 Å². The van der Waals surface area contributed by atoms with Crippen LogP contribution < -0.4 is 66.2 Å². The molecule has 0 radical (unpaired) electrons. The lowest BCUT2D eigenvalue weighted by Gasteiger charge is -2.35. The number of para-hydroxylation sites is 1. The van der Waals surface area contributed by atoms with Crippen LogP contribution in [0.2, 0.25) is 0 Å². The Morgan fingerprint density at radius 3 is 1.54 bits per heavy atom. The zero-order valence-electron chi connectivity index (χ0n) is 68.0. The van der Waals surface area contributed by atoms with Gasteiger partial charge in [0.1, 0.15) is 69.9 Å². The Labute approximate surface area is 657 Å². The average Bonchev–Trinajstić information content (AvgIpc) is 0.952. The minimum atomic E-state index is -4.39. The van der Waals surface area contributed by atoms with Crippen molar-refractivity contribution in [2.24, 2.45) is 5.92 Å². The highest BCUT2D eigenvalue weighted by atomic mass is 32.2. The monoisotopic (exact) mass is 1590 g/mol. The topological polar surface area (TPSA) is 435 Å². The van der Waals surface area contributed by atoms with E-state index in [-0.39, 0.29) is 80.2 Å². The van der Waals surface area contributed by atoms with E-state index in [0.29, 0.717) is 98.3 Å². The minimum absolute atomic E-state index is 0.00684. The lowest BCUT2D eigenvalue weighted by atomic mass is 9.88. The van der Waals surface area contributed by atoms with Gasteiger partial charge in [-0.15, -0.1) is 0 Å². The second-order valence-electron chi connectivity index (χ2n) is 32.7. The summed E-state index contributed by atoms with van der Waals surface area (Å²) in [5, 5.41) is 49.4. The van der Waals surface area contributed by atoms with E-state index < -0.39 is 139 Å². The number of nitrogens with one attached hydrogen (secondary N) is 12.